The highest BCUT2D eigenvalue weighted by Gasteiger charge is 2.41. The van der Waals surface area contributed by atoms with Crippen LogP contribution in [-0.4, -0.2) is 21.5 Å². The van der Waals surface area contributed by atoms with Crippen LogP contribution in [0, 0.1) is 21.8 Å². The number of rotatable bonds is 4. The first-order valence-electron chi connectivity index (χ1n) is 6.79. The van der Waals surface area contributed by atoms with Gasteiger partial charge in [-0.3, -0.25) is 10.1 Å². The lowest BCUT2D eigenvalue weighted by atomic mass is 9.77. The lowest BCUT2D eigenvalue weighted by Crippen LogP contribution is -2.49. The maximum Gasteiger partial charge on any atom is 0.329 e. The van der Waals surface area contributed by atoms with E-state index in [1.807, 2.05) is 0 Å². The van der Waals surface area contributed by atoms with Crippen LogP contribution in [0.5, 0.6) is 0 Å². The molecule has 0 bridgehead atoms. The number of anilines is 1. The molecular formula is C14H17FN2O4. The Morgan fingerprint density at radius 1 is 1.48 bits per heavy atom. The molecular weight excluding hydrogens is 279 g/mol. The molecule has 2 N–H and O–H groups in total. The number of nitro benzene ring substituents is 1. The minimum absolute atomic E-state index is 0.0162. The largest absolute Gasteiger partial charge is 0.480 e. The Balaban J connectivity index is 2.26. The van der Waals surface area contributed by atoms with Crippen molar-refractivity contribution in [3.05, 3.63) is 34.1 Å². The van der Waals surface area contributed by atoms with Gasteiger partial charge in [0.15, 0.2) is 5.82 Å². The van der Waals surface area contributed by atoms with Gasteiger partial charge in [-0.2, -0.15) is 0 Å². The monoisotopic (exact) mass is 296 g/mol. The van der Waals surface area contributed by atoms with Gasteiger partial charge in [0.25, 0.3) is 5.69 Å². The normalized spacial score (nSPS) is 25.3. The number of non-ortho nitro benzene ring substituents is 1. The minimum atomic E-state index is -1.20. The molecule has 1 aliphatic carbocycles. The van der Waals surface area contributed by atoms with Crippen molar-refractivity contribution in [2.45, 2.75) is 38.1 Å². The van der Waals surface area contributed by atoms with Crippen LogP contribution < -0.4 is 5.32 Å². The van der Waals surface area contributed by atoms with E-state index in [1.54, 1.807) is 0 Å². The number of halogens is 1. The number of aliphatic carboxylic acids is 1. The molecule has 0 saturated heterocycles. The number of benzene rings is 1. The molecule has 6 nitrogen and oxygen atoms in total. The summed E-state index contributed by atoms with van der Waals surface area (Å²) < 4.78 is 13.9. The zero-order valence-corrected chi connectivity index (χ0v) is 11.6. The van der Waals surface area contributed by atoms with Gasteiger partial charge in [0, 0.05) is 6.07 Å². The van der Waals surface area contributed by atoms with Crippen LogP contribution in [-0.2, 0) is 4.79 Å². The van der Waals surface area contributed by atoms with E-state index in [0.717, 1.165) is 25.0 Å². The molecule has 1 aliphatic rings. The number of carboxylic acid groups (broad SMARTS) is 1. The van der Waals surface area contributed by atoms with Gasteiger partial charge in [0.2, 0.25) is 0 Å². The van der Waals surface area contributed by atoms with Gasteiger partial charge in [0.1, 0.15) is 5.54 Å². The number of carboxylic acids is 1. The van der Waals surface area contributed by atoms with Crippen LogP contribution in [0.1, 0.15) is 32.6 Å². The Morgan fingerprint density at radius 3 is 2.57 bits per heavy atom. The number of hydrogen-bond donors (Lipinski definition) is 2. The first-order valence-corrected chi connectivity index (χ1v) is 6.79. The number of hydrogen-bond acceptors (Lipinski definition) is 4. The highest BCUT2D eigenvalue weighted by atomic mass is 19.1. The maximum atomic E-state index is 13.9. The fraction of sp³-hybridized carbons (Fsp3) is 0.500. The standard InChI is InChI=1S/C14H17FN2O4/c1-9-4-6-14(7-5-9,13(18)19)16-12-3-2-10(17(20)21)8-11(12)15/h2-3,8-9,16H,4-7H2,1H3,(H,18,19). The van der Waals surface area contributed by atoms with Crippen molar-refractivity contribution < 1.29 is 19.2 Å². The average molecular weight is 296 g/mol. The Bertz CT molecular complexity index is 568. The highest BCUT2D eigenvalue weighted by molar-refractivity contribution is 5.83. The van der Waals surface area contributed by atoms with Crippen molar-refractivity contribution in [3.63, 3.8) is 0 Å². The van der Waals surface area contributed by atoms with Crippen LogP contribution in [0.2, 0.25) is 0 Å². The third kappa shape index (κ3) is 3.12. The zero-order chi connectivity index (χ0) is 15.6. The van der Waals surface area contributed by atoms with Gasteiger partial charge in [-0.05, 0) is 37.7 Å². The Morgan fingerprint density at radius 2 is 2.10 bits per heavy atom. The molecule has 0 aromatic heterocycles. The Hall–Kier alpha value is -2.18. The van der Waals surface area contributed by atoms with E-state index in [-0.39, 0.29) is 11.4 Å². The number of nitrogens with one attached hydrogen (secondary N) is 1. The van der Waals surface area contributed by atoms with E-state index < -0.39 is 22.2 Å². The van der Waals surface area contributed by atoms with Crippen molar-refractivity contribution >= 4 is 17.3 Å². The topological polar surface area (TPSA) is 92.5 Å². The van der Waals surface area contributed by atoms with E-state index in [2.05, 4.69) is 12.2 Å². The van der Waals surface area contributed by atoms with Gasteiger partial charge in [-0.1, -0.05) is 6.92 Å². The van der Waals surface area contributed by atoms with Crippen molar-refractivity contribution in [1.29, 1.82) is 0 Å². The van der Waals surface area contributed by atoms with E-state index in [0.29, 0.717) is 18.8 Å². The predicted molar refractivity (Wildman–Crippen MR) is 74.7 cm³/mol. The summed E-state index contributed by atoms with van der Waals surface area (Å²) in [4.78, 5) is 21.5. The zero-order valence-electron chi connectivity index (χ0n) is 11.6. The Kier molecular flexibility index (Phi) is 4.11. The average Bonchev–Trinajstić information content (AvgIpc) is 2.43. The second kappa shape index (κ2) is 5.67. The lowest BCUT2D eigenvalue weighted by Gasteiger charge is -2.37. The van der Waals surface area contributed by atoms with Gasteiger partial charge in [-0.15, -0.1) is 0 Å². The molecule has 21 heavy (non-hydrogen) atoms. The second-order valence-corrected chi connectivity index (χ2v) is 5.62. The quantitative estimate of drug-likeness (QED) is 0.657. The number of carbonyl (C=O) groups is 1. The van der Waals surface area contributed by atoms with Crippen molar-refractivity contribution in [2.24, 2.45) is 5.92 Å². The first-order chi connectivity index (χ1) is 9.84. The molecule has 2 rings (SSSR count). The molecule has 114 valence electrons. The van der Waals surface area contributed by atoms with E-state index in [9.17, 15) is 24.4 Å². The first kappa shape index (κ1) is 15.2. The molecule has 0 radical (unpaired) electrons. The number of nitro groups is 1. The van der Waals surface area contributed by atoms with Crippen LogP contribution in [0.15, 0.2) is 18.2 Å². The third-order valence-electron chi connectivity index (χ3n) is 4.07. The molecule has 0 aliphatic heterocycles. The summed E-state index contributed by atoms with van der Waals surface area (Å²) in [7, 11) is 0. The van der Waals surface area contributed by atoms with Crippen LogP contribution in [0.4, 0.5) is 15.8 Å². The molecule has 0 unspecified atom stereocenters. The Labute approximate surface area is 121 Å². The minimum Gasteiger partial charge on any atom is -0.480 e. The van der Waals surface area contributed by atoms with Crippen LogP contribution in [0.3, 0.4) is 0 Å². The predicted octanol–water partition coefficient (Wildman–Crippen LogP) is 3.18. The molecule has 1 aromatic rings. The lowest BCUT2D eigenvalue weighted by molar-refractivity contribution is -0.385. The number of nitrogens with zero attached hydrogens (tertiary/aromatic N) is 1. The van der Waals surface area contributed by atoms with Gasteiger partial charge < -0.3 is 10.4 Å². The SMILES string of the molecule is CC1CCC(Nc2ccc([N+](=O)[O-])cc2F)(C(=O)O)CC1. The van der Waals surface area contributed by atoms with Crippen molar-refractivity contribution in [3.8, 4) is 0 Å². The van der Waals surface area contributed by atoms with Gasteiger partial charge in [-0.25, -0.2) is 9.18 Å². The fourth-order valence-electron chi connectivity index (χ4n) is 2.62. The maximum absolute atomic E-state index is 13.9. The fourth-order valence-corrected chi connectivity index (χ4v) is 2.62. The van der Waals surface area contributed by atoms with E-state index in [1.165, 1.54) is 6.07 Å². The smallest absolute Gasteiger partial charge is 0.329 e. The summed E-state index contributed by atoms with van der Waals surface area (Å²) in [6, 6.07) is 3.17. The van der Waals surface area contributed by atoms with Gasteiger partial charge in [0.05, 0.1) is 16.7 Å². The van der Waals surface area contributed by atoms with Crippen LogP contribution in [0.25, 0.3) is 0 Å². The highest BCUT2D eigenvalue weighted by Crippen LogP contribution is 2.36. The summed E-state index contributed by atoms with van der Waals surface area (Å²) in [5, 5.41) is 22.8. The molecule has 0 amide bonds. The summed E-state index contributed by atoms with van der Waals surface area (Å²) in [6.45, 7) is 2.05. The summed E-state index contributed by atoms with van der Waals surface area (Å²) in [5.41, 5.74) is -1.58. The summed E-state index contributed by atoms with van der Waals surface area (Å²) in [5.74, 6) is -1.39. The molecule has 1 fully saturated rings. The van der Waals surface area contributed by atoms with Crippen molar-refractivity contribution in [2.75, 3.05) is 5.32 Å². The van der Waals surface area contributed by atoms with E-state index >= 15 is 0 Å². The second-order valence-electron chi connectivity index (χ2n) is 5.62. The molecule has 0 atom stereocenters. The third-order valence-corrected chi connectivity index (χ3v) is 4.07. The van der Waals surface area contributed by atoms with Crippen LogP contribution >= 0.6 is 0 Å². The van der Waals surface area contributed by atoms with Crippen molar-refractivity contribution in [1.82, 2.24) is 0 Å². The molecule has 0 spiro atoms. The van der Waals surface area contributed by atoms with Gasteiger partial charge >= 0.3 is 5.97 Å². The van der Waals surface area contributed by atoms with E-state index in [4.69, 9.17) is 0 Å². The summed E-state index contributed by atoms with van der Waals surface area (Å²) >= 11 is 0. The molecule has 1 aromatic carbocycles. The molecule has 0 heterocycles. The summed E-state index contributed by atoms with van der Waals surface area (Å²) in [6.07, 6.45) is 2.29. The molecule has 1 saturated carbocycles. The molecule has 7 heteroatoms.